The topological polar surface area (TPSA) is 73.9 Å². The Bertz CT molecular complexity index is 1090. The molecule has 0 aromatic heterocycles. The van der Waals surface area contributed by atoms with Crippen molar-refractivity contribution < 1.29 is 23.5 Å². The SMILES string of the molecule is CC(C)(C)[Si](OC/C=C/COC(=O)NC(=O)OCc1ccccc1)(c1ccccc1)c1ccccc1. The van der Waals surface area contributed by atoms with Gasteiger partial charge in [-0.1, -0.05) is 118 Å². The molecule has 36 heavy (non-hydrogen) atoms. The van der Waals surface area contributed by atoms with Crippen molar-refractivity contribution in [2.75, 3.05) is 13.2 Å². The molecular formula is C29H33NO5Si. The second-order valence-electron chi connectivity index (χ2n) is 9.23. The summed E-state index contributed by atoms with van der Waals surface area (Å²) >= 11 is 0. The van der Waals surface area contributed by atoms with E-state index in [2.05, 4.69) is 45.0 Å². The third kappa shape index (κ3) is 7.16. The lowest BCUT2D eigenvalue weighted by Gasteiger charge is -2.42. The molecule has 0 aliphatic carbocycles. The Hall–Kier alpha value is -3.68. The van der Waals surface area contributed by atoms with E-state index in [1.54, 1.807) is 6.08 Å². The highest BCUT2D eigenvalue weighted by atomic mass is 28.4. The molecule has 0 spiro atoms. The molecule has 1 N–H and O–H groups in total. The van der Waals surface area contributed by atoms with Crippen LogP contribution in [-0.2, 0) is 20.5 Å². The Labute approximate surface area is 214 Å². The molecule has 0 saturated heterocycles. The van der Waals surface area contributed by atoms with E-state index in [1.165, 1.54) is 10.4 Å². The molecule has 0 fully saturated rings. The summed E-state index contributed by atoms with van der Waals surface area (Å²) in [6.45, 7) is 7.08. The number of imide groups is 1. The Morgan fingerprint density at radius 1 is 0.722 bits per heavy atom. The largest absolute Gasteiger partial charge is 0.445 e. The summed E-state index contributed by atoms with van der Waals surface area (Å²) < 4.78 is 16.8. The molecule has 7 heteroatoms. The third-order valence-electron chi connectivity index (χ3n) is 5.71. The van der Waals surface area contributed by atoms with Crippen LogP contribution < -0.4 is 15.7 Å². The number of amides is 2. The summed E-state index contributed by atoms with van der Waals surface area (Å²) in [7, 11) is -2.62. The van der Waals surface area contributed by atoms with Gasteiger partial charge in [0, 0.05) is 0 Å². The van der Waals surface area contributed by atoms with Crippen LogP contribution in [0.3, 0.4) is 0 Å². The molecule has 188 valence electrons. The summed E-state index contributed by atoms with van der Waals surface area (Å²) in [6.07, 6.45) is 1.81. The number of alkyl carbamates (subject to hydrolysis) is 2. The van der Waals surface area contributed by atoms with Crippen LogP contribution in [0.4, 0.5) is 9.59 Å². The lowest BCUT2D eigenvalue weighted by Crippen LogP contribution is -2.66. The van der Waals surface area contributed by atoms with Gasteiger partial charge in [-0.05, 0) is 27.1 Å². The minimum absolute atomic E-state index is 0.00189. The molecule has 6 nitrogen and oxygen atoms in total. The van der Waals surface area contributed by atoms with Gasteiger partial charge in [-0.15, -0.1) is 0 Å². The van der Waals surface area contributed by atoms with Gasteiger partial charge in [0.1, 0.15) is 13.2 Å². The van der Waals surface area contributed by atoms with E-state index in [-0.39, 0.29) is 18.3 Å². The average molecular weight is 504 g/mol. The van der Waals surface area contributed by atoms with E-state index >= 15 is 0 Å². The van der Waals surface area contributed by atoms with Crippen molar-refractivity contribution in [3.8, 4) is 0 Å². The molecule has 3 aromatic rings. The van der Waals surface area contributed by atoms with Gasteiger partial charge in [0.05, 0.1) is 6.61 Å². The van der Waals surface area contributed by atoms with Crippen molar-refractivity contribution in [1.82, 2.24) is 5.32 Å². The first-order valence-corrected chi connectivity index (χ1v) is 13.8. The fraction of sp³-hybridized carbons (Fsp3) is 0.241. The molecule has 0 aliphatic rings. The summed E-state index contributed by atoms with van der Waals surface area (Å²) in [4.78, 5) is 23.6. The number of hydrogen-bond acceptors (Lipinski definition) is 5. The normalized spacial score (nSPS) is 11.8. The van der Waals surface area contributed by atoms with E-state index in [0.29, 0.717) is 6.61 Å². The number of carbonyl (C=O) groups excluding carboxylic acids is 2. The Kier molecular flexibility index (Phi) is 9.61. The Morgan fingerprint density at radius 2 is 1.19 bits per heavy atom. The van der Waals surface area contributed by atoms with E-state index in [4.69, 9.17) is 13.9 Å². The monoisotopic (exact) mass is 503 g/mol. The second kappa shape index (κ2) is 12.9. The van der Waals surface area contributed by atoms with Gasteiger partial charge >= 0.3 is 12.2 Å². The van der Waals surface area contributed by atoms with Crippen LogP contribution in [0, 0.1) is 0 Å². The molecule has 2 amide bonds. The van der Waals surface area contributed by atoms with Crippen molar-refractivity contribution in [2.24, 2.45) is 0 Å². The predicted octanol–water partition coefficient (Wildman–Crippen LogP) is 5.18. The van der Waals surface area contributed by atoms with Crippen LogP contribution in [0.25, 0.3) is 0 Å². The highest BCUT2D eigenvalue weighted by molar-refractivity contribution is 6.99. The smallest absolute Gasteiger partial charge is 0.416 e. The molecule has 0 unspecified atom stereocenters. The van der Waals surface area contributed by atoms with Crippen LogP contribution in [0.15, 0.2) is 103 Å². The minimum atomic E-state index is -2.62. The van der Waals surface area contributed by atoms with E-state index in [0.717, 1.165) is 5.56 Å². The molecule has 3 aromatic carbocycles. The van der Waals surface area contributed by atoms with Crippen LogP contribution in [0.2, 0.25) is 5.04 Å². The van der Waals surface area contributed by atoms with E-state index < -0.39 is 20.5 Å². The maximum absolute atomic E-state index is 11.9. The predicted molar refractivity (Wildman–Crippen MR) is 144 cm³/mol. The fourth-order valence-electron chi connectivity index (χ4n) is 4.07. The molecule has 3 rings (SSSR count). The molecule has 0 bridgehead atoms. The highest BCUT2D eigenvalue weighted by Crippen LogP contribution is 2.36. The van der Waals surface area contributed by atoms with Gasteiger partial charge in [-0.3, -0.25) is 0 Å². The zero-order valence-electron chi connectivity index (χ0n) is 21.0. The van der Waals surface area contributed by atoms with E-state index in [1.807, 2.05) is 78.1 Å². The molecule has 0 saturated carbocycles. The molecule has 0 heterocycles. The first-order valence-electron chi connectivity index (χ1n) is 11.9. The maximum atomic E-state index is 11.9. The van der Waals surface area contributed by atoms with Crippen LogP contribution in [-0.4, -0.2) is 33.7 Å². The summed E-state index contributed by atoms with van der Waals surface area (Å²) in [5.41, 5.74) is 0.824. The van der Waals surface area contributed by atoms with Crippen LogP contribution >= 0.6 is 0 Å². The number of carbonyl (C=O) groups is 2. The van der Waals surface area contributed by atoms with Gasteiger partial charge in [0.2, 0.25) is 0 Å². The zero-order chi connectivity index (χ0) is 25.9. The first kappa shape index (κ1) is 26.9. The average Bonchev–Trinajstić information content (AvgIpc) is 2.88. The van der Waals surface area contributed by atoms with Gasteiger partial charge in [-0.25, -0.2) is 14.9 Å². The summed E-state index contributed by atoms with van der Waals surface area (Å²) in [5.74, 6) is 0. The Morgan fingerprint density at radius 3 is 1.72 bits per heavy atom. The van der Waals surface area contributed by atoms with Crippen molar-refractivity contribution >= 4 is 30.9 Å². The van der Waals surface area contributed by atoms with Crippen molar-refractivity contribution in [3.05, 3.63) is 109 Å². The number of hydrogen-bond donors (Lipinski definition) is 1. The number of benzene rings is 3. The second-order valence-corrected chi connectivity index (χ2v) is 13.5. The summed E-state index contributed by atoms with van der Waals surface area (Å²) in [6, 6.07) is 29.9. The minimum Gasteiger partial charge on any atom is -0.445 e. The van der Waals surface area contributed by atoms with Gasteiger partial charge < -0.3 is 13.9 Å². The van der Waals surface area contributed by atoms with Gasteiger partial charge in [-0.2, -0.15) is 0 Å². The van der Waals surface area contributed by atoms with Gasteiger partial charge in [0.25, 0.3) is 8.32 Å². The van der Waals surface area contributed by atoms with E-state index in [9.17, 15) is 9.59 Å². The fourth-order valence-corrected chi connectivity index (χ4v) is 8.57. The third-order valence-corrected chi connectivity index (χ3v) is 10.7. The lowest BCUT2D eigenvalue weighted by molar-refractivity contribution is 0.125. The van der Waals surface area contributed by atoms with Crippen LogP contribution in [0.1, 0.15) is 26.3 Å². The quantitative estimate of drug-likeness (QED) is 0.322. The molecule has 0 radical (unpaired) electrons. The maximum Gasteiger partial charge on any atom is 0.416 e. The van der Waals surface area contributed by atoms with Crippen molar-refractivity contribution in [3.63, 3.8) is 0 Å². The number of ether oxygens (including phenoxy) is 2. The highest BCUT2D eigenvalue weighted by Gasteiger charge is 2.49. The first-order chi connectivity index (χ1) is 17.3. The van der Waals surface area contributed by atoms with Crippen molar-refractivity contribution in [1.29, 1.82) is 0 Å². The molecule has 0 aliphatic heterocycles. The van der Waals surface area contributed by atoms with Crippen LogP contribution in [0.5, 0.6) is 0 Å². The summed E-state index contributed by atoms with van der Waals surface area (Å²) in [5, 5.41) is 4.31. The van der Waals surface area contributed by atoms with Crippen molar-refractivity contribution in [2.45, 2.75) is 32.4 Å². The number of nitrogens with one attached hydrogen (secondary N) is 1. The lowest BCUT2D eigenvalue weighted by atomic mass is 10.2. The zero-order valence-corrected chi connectivity index (χ0v) is 22.0. The number of rotatable bonds is 9. The standard InChI is InChI=1S/C29H33NO5Si/c1-29(2,3)36(25-17-9-5-10-18-25,26-19-11-6-12-20-26)35-22-14-13-21-33-27(31)30-28(32)34-23-24-15-7-4-8-16-24/h4-20H,21-23H2,1-3H3,(H,30,31,32)/b14-13+. The van der Waals surface area contributed by atoms with Gasteiger partial charge in [0.15, 0.2) is 0 Å². The molecule has 0 atom stereocenters. The Balaban J connectivity index is 1.55. The molecular weight excluding hydrogens is 470 g/mol.